The molecule has 0 atom stereocenters. The van der Waals surface area contributed by atoms with Gasteiger partial charge in [-0.15, -0.1) is 0 Å². The summed E-state index contributed by atoms with van der Waals surface area (Å²) in [5, 5.41) is 0.0139. The summed E-state index contributed by atoms with van der Waals surface area (Å²) in [6.45, 7) is 0. The van der Waals surface area contributed by atoms with Crippen LogP contribution in [0.15, 0.2) is 0 Å². The first-order chi connectivity index (χ1) is 4.18. The van der Waals surface area contributed by atoms with Crippen molar-refractivity contribution in [3.8, 4) is 0 Å². The first-order valence-electron chi connectivity index (χ1n) is 2.11. The number of nitrogen functional groups attached to an aromatic ring is 2. The van der Waals surface area contributed by atoms with E-state index in [2.05, 4.69) is 15.0 Å². The third-order valence-corrected chi connectivity index (χ3v) is 0.812. The molecule has 0 aliphatic carbocycles. The van der Waals surface area contributed by atoms with Crippen LogP contribution in [0, 0.1) is 0 Å². The first-order valence-corrected chi connectivity index (χ1v) is 2.49. The highest BCUT2D eigenvalue weighted by molar-refractivity contribution is 6.28. The van der Waals surface area contributed by atoms with E-state index in [4.69, 9.17) is 23.1 Å². The second kappa shape index (κ2) is 2.02. The Balaban J connectivity index is 3.17. The quantitative estimate of drug-likeness (QED) is 0.531. The molecule has 0 fully saturated rings. The minimum Gasteiger partial charge on any atom is -0.368 e. The fourth-order valence-corrected chi connectivity index (χ4v) is 0.555. The summed E-state index contributed by atoms with van der Waals surface area (Å²) in [6, 6.07) is 0. The smallest absolute Gasteiger partial charge is 0.228 e. The minimum atomic E-state index is 0.0139. The summed E-state index contributed by atoms with van der Waals surface area (Å²) in [6.07, 6.45) is 0. The summed E-state index contributed by atoms with van der Waals surface area (Å²) in [7, 11) is 0. The van der Waals surface area contributed by atoms with Crippen molar-refractivity contribution < 1.29 is 0 Å². The Morgan fingerprint density at radius 2 is 1.44 bits per heavy atom. The Morgan fingerprint density at radius 3 is 1.78 bits per heavy atom. The van der Waals surface area contributed by atoms with Crippen LogP contribution in [0.3, 0.4) is 0 Å². The zero-order chi connectivity index (χ0) is 6.85. The molecule has 0 aliphatic heterocycles. The van der Waals surface area contributed by atoms with Gasteiger partial charge in [-0.2, -0.15) is 15.0 Å². The van der Waals surface area contributed by atoms with Crippen LogP contribution in [-0.2, 0) is 0 Å². The van der Waals surface area contributed by atoms with E-state index in [1.165, 1.54) is 0 Å². The summed E-state index contributed by atoms with van der Waals surface area (Å²) < 4.78 is 0. The highest BCUT2D eigenvalue weighted by Gasteiger charge is 1.95. The van der Waals surface area contributed by atoms with Crippen LogP contribution in [0.5, 0.6) is 0 Å². The number of anilines is 2. The van der Waals surface area contributed by atoms with E-state index in [0.717, 1.165) is 0 Å². The lowest BCUT2D eigenvalue weighted by atomic mass is 11.8. The number of hydrogen-bond donors (Lipinski definition) is 2. The number of hydrogen-bond acceptors (Lipinski definition) is 5. The third kappa shape index (κ3) is 1.39. The van der Waals surface area contributed by atoms with Crippen LogP contribution in [0.25, 0.3) is 0 Å². The Kier molecular flexibility index (Phi) is 1.35. The normalized spacial score (nSPS) is 9.44. The maximum atomic E-state index is 5.33. The lowest BCUT2D eigenvalue weighted by Crippen LogP contribution is -2.01. The Morgan fingerprint density at radius 1 is 1.00 bits per heavy atom. The van der Waals surface area contributed by atoms with Gasteiger partial charge in [0.1, 0.15) is 0 Å². The molecular weight excluding hydrogens is 147 g/mol. The maximum absolute atomic E-state index is 5.33. The molecule has 0 spiro atoms. The number of halogens is 1. The van der Waals surface area contributed by atoms with Crippen molar-refractivity contribution in [1.29, 1.82) is 0 Å². The zero-order valence-electron chi connectivity index (χ0n) is 4.37. The molecule has 0 bridgehead atoms. The summed E-state index contributed by atoms with van der Waals surface area (Å²) >= 11 is 5.33. The summed E-state index contributed by atoms with van der Waals surface area (Å²) in [4.78, 5) is 10.4. The molecule has 0 aliphatic rings. The fourth-order valence-electron chi connectivity index (χ4n) is 0.381. The molecule has 0 unspecified atom stereocenters. The second-order valence-corrected chi connectivity index (χ2v) is 1.66. The molecule has 4 N–H and O–H groups in total. The molecule has 1 heterocycles. The van der Waals surface area contributed by atoms with E-state index in [1.54, 1.807) is 0 Å². The van der Waals surface area contributed by atoms with Gasteiger partial charge in [-0.05, 0) is 11.6 Å². The van der Waals surface area contributed by atoms with Gasteiger partial charge in [-0.1, -0.05) is 0 Å². The second-order valence-electron chi connectivity index (χ2n) is 1.32. The highest BCUT2D eigenvalue weighted by Crippen LogP contribution is 2.02. The van der Waals surface area contributed by atoms with E-state index in [0.29, 0.717) is 0 Å². The Bertz CT molecular complexity index is 173. The molecule has 0 saturated carbocycles. The van der Waals surface area contributed by atoms with E-state index >= 15 is 0 Å². The van der Waals surface area contributed by atoms with Crippen LogP contribution < -0.4 is 11.5 Å². The standard InChI is InChI=1S/C3H4ClN5/c4-1-7-2(5)9-3(6)8-1/h(H4,5,6,7,8,9)/i1+1,2+1,3+1,7+1,8+1,9+1. The van der Waals surface area contributed by atoms with Crippen molar-refractivity contribution in [1.82, 2.24) is 15.0 Å². The maximum Gasteiger partial charge on any atom is 0.228 e. The molecule has 0 aromatic carbocycles. The van der Waals surface area contributed by atoms with E-state index < -0.39 is 0 Å². The molecule has 0 radical (unpaired) electrons. The van der Waals surface area contributed by atoms with Crippen molar-refractivity contribution in [3.05, 3.63) is 5.28 Å². The number of aromatic nitrogens is 3. The average molecular weight is 152 g/mol. The Labute approximate surface area is 56.1 Å². The van der Waals surface area contributed by atoms with Gasteiger partial charge in [0.2, 0.25) is 17.2 Å². The Hall–Kier alpha value is -1.10. The van der Waals surface area contributed by atoms with Crippen LogP contribution >= 0.6 is 11.6 Å². The monoisotopic (exact) mass is 151 g/mol. The van der Waals surface area contributed by atoms with Gasteiger partial charge in [0.15, 0.2) is 0 Å². The van der Waals surface area contributed by atoms with Gasteiger partial charge >= 0.3 is 0 Å². The molecule has 1 aromatic rings. The first kappa shape index (κ1) is 6.03. The van der Waals surface area contributed by atoms with Crippen LogP contribution in [0.2, 0.25) is 5.28 Å². The van der Waals surface area contributed by atoms with Gasteiger partial charge in [0, 0.05) is 0 Å². The van der Waals surface area contributed by atoms with Gasteiger partial charge in [0.25, 0.3) is 0 Å². The predicted octanol–water partition coefficient (Wildman–Crippen LogP) is -0.311. The lowest BCUT2D eigenvalue weighted by molar-refractivity contribution is 1.08. The SMILES string of the molecule is N[13c]1[15n][13c](N)[15n][13c](Cl)[15n]1. The van der Waals surface area contributed by atoms with Crippen molar-refractivity contribution in [2.75, 3.05) is 11.5 Å². The topological polar surface area (TPSA) is 90.7 Å². The van der Waals surface area contributed by atoms with Gasteiger partial charge in [-0.25, -0.2) is 0 Å². The largest absolute Gasteiger partial charge is 0.368 e. The summed E-state index contributed by atoms with van der Waals surface area (Å²) in [5.74, 6) is 0.0694. The lowest BCUT2D eigenvalue weighted by Gasteiger charge is -1.92. The van der Waals surface area contributed by atoms with Gasteiger partial charge < -0.3 is 11.5 Å². The molecule has 48 valence electrons. The third-order valence-electron chi connectivity index (χ3n) is 0.643. The van der Waals surface area contributed by atoms with Crippen LogP contribution in [-0.4, -0.2) is 15.0 Å². The molecule has 9 heavy (non-hydrogen) atoms. The van der Waals surface area contributed by atoms with E-state index in [-0.39, 0.29) is 17.2 Å². The number of rotatable bonds is 0. The van der Waals surface area contributed by atoms with Crippen LogP contribution in [0.4, 0.5) is 11.9 Å². The number of nitrogens with two attached hydrogens (primary N) is 2. The van der Waals surface area contributed by atoms with Crippen molar-refractivity contribution in [3.63, 3.8) is 0 Å². The van der Waals surface area contributed by atoms with E-state index in [9.17, 15) is 0 Å². The van der Waals surface area contributed by atoms with Crippen molar-refractivity contribution in [2.45, 2.75) is 0 Å². The fraction of sp³-hybridized carbons (Fsp3) is 0. The molecule has 1 aromatic heterocycles. The van der Waals surface area contributed by atoms with Crippen molar-refractivity contribution in [2.24, 2.45) is 0 Å². The zero-order valence-corrected chi connectivity index (χ0v) is 5.13. The van der Waals surface area contributed by atoms with E-state index in [1.807, 2.05) is 0 Å². The van der Waals surface area contributed by atoms with Gasteiger partial charge in [0.05, 0.1) is 0 Å². The molecule has 5 nitrogen and oxygen atoms in total. The van der Waals surface area contributed by atoms with Crippen LogP contribution in [0.1, 0.15) is 0 Å². The van der Waals surface area contributed by atoms with Gasteiger partial charge in [-0.3, -0.25) is 0 Å². The summed E-state index contributed by atoms with van der Waals surface area (Å²) in [5.41, 5.74) is 10.3. The molecule has 0 saturated heterocycles. The predicted molar refractivity (Wildman–Crippen MR) is 33.7 cm³/mol. The highest BCUT2D eigenvalue weighted by atomic mass is 35.5. The molecule has 1 rings (SSSR count). The van der Waals surface area contributed by atoms with Crippen molar-refractivity contribution >= 4 is 23.5 Å². The average Bonchev–Trinajstić information content (AvgIpc) is 1.59. The molecule has 6 heteroatoms. The molecular formula is C3H4ClN5. The minimum absolute atomic E-state index is 0.0139. The molecule has 0 amide bonds. The number of nitrogens with zero attached hydrogens (tertiary/aromatic N) is 3.